The molecule has 2 fully saturated rings. The van der Waals surface area contributed by atoms with E-state index in [1.54, 1.807) is 24.7 Å². The molecule has 0 amide bonds. The summed E-state index contributed by atoms with van der Waals surface area (Å²) in [6.07, 6.45) is 13.4. The van der Waals surface area contributed by atoms with Gasteiger partial charge < -0.3 is 20.1 Å². The Morgan fingerprint density at radius 2 is 1.84 bits per heavy atom. The van der Waals surface area contributed by atoms with Crippen molar-refractivity contribution >= 4 is 17.8 Å². The number of nitrogens with two attached hydrogens (primary N) is 1. The molecule has 4 rings (SSSR count). The number of carbonyl (C=O) groups excluding carboxylic acids is 1. The van der Waals surface area contributed by atoms with Gasteiger partial charge in [0.25, 0.3) is 0 Å². The van der Waals surface area contributed by atoms with E-state index in [9.17, 15) is 14.7 Å². The maximum atomic E-state index is 13.4. The molecular weight excluding hydrogens is 396 g/mol. The number of aliphatic carboxylic acids is 1. The number of carboxylic acid groups (broad SMARTS) is 1. The number of esters is 1. The lowest BCUT2D eigenvalue weighted by atomic mass is 9.79. The highest BCUT2D eigenvalue weighted by molar-refractivity contribution is 6.05. The molecule has 3 N–H and O–H groups in total. The minimum Gasteiger partial charge on any atom is -0.480 e. The summed E-state index contributed by atoms with van der Waals surface area (Å²) in [5.74, 6) is -1.40. The monoisotopic (exact) mass is 426 g/mol. The van der Waals surface area contributed by atoms with E-state index in [4.69, 9.17) is 10.5 Å². The summed E-state index contributed by atoms with van der Waals surface area (Å²) in [6.45, 7) is 0.247. The van der Waals surface area contributed by atoms with Gasteiger partial charge in [-0.2, -0.15) is 0 Å². The van der Waals surface area contributed by atoms with E-state index >= 15 is 0 Å². The molecule has 0 spiro atoms. The van der Waals surface area contributed by atoms with Crippen LogP contribution in [0.5, 0.6) is 0 Å². The lowest BCUT2D eigenvalue weighted by Gasteiger charge is -2.26. The molecule has 8 nitrogen and oxygen atoms in total. The summed E-state index contributed by atoms with van der Waals surface area (Å²) in [5, 5.41) is 10.3. The fraction of sp³-hybridized carbons (Fsp3) is 0.565. The third-order valence-corrected chi connectivity index (χ3v) is 6.74. The normalized spacial score (nSPS) is 19.4. The van der Waals surface area contributed by atoms with Crippen LogP contribution in [-0.2, 0) is 26.2 Å². The predicted molar refractivity (Wildman–Crippen MR) is 114 cm³/mol. The zero-order valence-corrected chi connectivity index (χ0v) is 17.7. The molecule has 1 atom stereocenters. The Kier molecular flexibility index (Phi) is 6.25. The molecule has 1 unspecified atom stereocenters. The van der Waals surface area contributed by atoms with Crippen molar-refractivity contribution in [3.05, 3.63) is 42.1 Å². The van der Waals surface area contributed by atoms with E-state index in [1.165, 1.54) is 6.20 Å². The first-order valence-corrected chi connectivity index (χ1v) is 11.1. The molecular formula is C23H30N4O4. The zero-order valence-electron chi connectivity index (χ0n) is 17.7. The smallest absolute Gasteiger partial charge is 0.330 e. The highest BCUT2D eigenvalue weighted by Gasteiger charge is 2.52. The van der Waals surface area contributed by atoms with Crippen LogP contribution >= 0.6 is 0 Å². The Morgan fingerprint density at radius 3 is 2.48 bits per heavy atom. The first-order chi connectivity index (χ1) is 15.0. The van der Waals surface area contributed by atoms with Gasteiger partial charge in [-0.25, -0.2) is 9.97 Å². The molecule has 0 radical (unpaired) electrons. The summed E-state index contributed by atoms with van der Waals surface area (Å²) in [6, 6.07) is 3.58. The van der Waals surface area contributed by atoms with Gasteiger partial charge in [0.1, 0.15) is 5.82 Å². The quantitative estimate of drug-likeness (QED) is 0.491. The number of imidazole rings is 1. The van der Waals surface area contributed by atoms with Crippen LogP contribution in [0.25, 0.3) is 0 Å². The van der Waals surface area contributed by atoms with Gasteiger partial charge in [-0.15, -0.1) is 0 Å². The van der Waals surface area contributed by atoms with Crippen LogP contribution in [0.1, 0.15) is 68.7 Å². The fourth-order valence-electron chi connectivity index (χ4n) is 4.84. The molecule has 2 aliphatic carbocycles. The topological polar surface area (TPSA) is 120 Å². The molecule has 166 valence electrons. The van der Waals surface area contributed by atoms with Crippen molar-refractivity contribution in [2.24, 2.45) is 5.92 Å². The molecule has 0 aromatic carbocycles. The maximum Gasteiger partial charge on any atom is 0.330 e. The molecule has 2 aliphatic rings. The summed E-state index contributed by atoms with van der Waals surface area (Å²) >= 11 is 0. The van der Waals surface area contributed by atoms with Crippen LogP contribution in [0, 0.1) is 5.92 Å². The van der Waals surface area contributed by atoms with Gasteiger partial charge in [0.15, 0.2) is 0 Å². The maximum absolute atomic E-state index is 13.4. The number of hydrogen-bond acceptors (Lipinski definition) is 6. The van der Waals surface area contributed by atoms with Crippen molar-refractivity contribution in [3.8, 4) is 0 Å². The highest BCUT2D eigenvalue weighted by atomic mass is 16.5. The van der Waals surface area contributed by atoms with Crippen LogP contribution in [0.3, 0.4) is 0 Å². The van der Waals surface area contributed by atoms with E-state index in [0.29, 0.717) is 23.3 Å². The van der Waals surface area contributed by atoms with Crippen molar-refractivity contribution in [2.45, 2.75) is 69.2 Å². The average Bonchev–Trinajstić information content (AvgIpc) is 3.53. The minimum absolute atomic E-state index is 0.0964. The Balaban J connectivity index is 1.67. The number of nitrogen functional groups attached to an aromatic ring is 1. The van der Waals surface area contributed by atoms with E-state index in [1.807, 2.05) is 4.57 Å². The molecule has 2 aromatic rings. The van der Waals surface area contributed by atoms with E-state index in [2.05, 4.69) is 9.97 Å². The number of ether oxygens (including phenoxy) is 1. The molecule has 8 heteroatoms. The summed E-state index contributed by atoms with van der Waals surface area (Å²) in [4.78, 5) is 34.5. The molecule has 0 aliphatic heterocycles. The number of anilines is 1. The van der Waals surface area contributed by atoms with E-state index < -0.39 is 17.4 Å². The van der Waals surface area contributed by atoms with Crippen molar-refractivity contribution in [3.63, 3.8) is 0 Å². The van der Waals surface area contributed by atoms with E-state index in [-0.39, 0.29) is 18.7 Å². The Bertz CT molecular complexity index is 914. The van der Waals surface area contributed by atoms with Gasteiger partial charge in [0.2, 0.25) is 5.41 Å². The van der Waals surface area contributed by atoms with Crippen molar-refractivity contribution in [1.29, 1.82) is 0 Å². The summed E-state index contributed by atoms with van der Waals surface area (Å²) in [7, 11) is 0. The Hall–Kier alpha value is -2.90. The molecule has 0 saturated heterocycles. The van der Waals surface area contributed by atoms with Crippen molar-refractivity contribution < 1.29 is 19.4 Å². The van der Waals surface area contributed by atoms with Gasteiger partial charge >= 0.3 is 11.9 Å². The van der Waals surface area contributed by atoms with Crippen LogP contribution in [-0.4, -0.2) is 38.2 Å². The average molecular weight is 427 g/mol. The number of hydrogen-bond donors (Lipinski definition) is 2. The van der Waals surface area contributed by atoms with Crippen LogP contribution in [0.2, 0.25) is 0 Å². The number of pyridine rings is 1. The molecule has 2 saturated carbocycles. The molecule has 0 bridgehead atoms. The minimum atomic E-state index is -1.93. The Morgan fingerprint density at radius 1 is 1.13 bits per heavy atom. The van der Waals surface area contributed by atoms with E-state index in [0.717, 1.165) is 51.4 Å². The second-order valence-electron chi connectivity index (χ2n) is 8.87. The number of carbonyl (C=O) groups is 2. The summed E-state index contributed by atoms with van der Waals surface area (Å²) in [5.41, 5.74) is 4.54. The summed E-state index contributed by atoms with van der Waals surface area (Å²) < 4.78 is 7.57. The predicted octanol–water partition coefficient (Wildman–Crippen LogP) is 3.27. The third-order valence-electron chi connectivity index (χ3n) is 6.74. The standard InChI is InChI=1S/C23H30N4O4/c24-20-10-9-17(12-25-20)11-23(21(28)29,22(30)31-14-16-5-1-2-6-16)19-13-27(15-26-19)18-7-3-4-8-18/h9-10,12-13,15-16,18H,1-8,11,14H2,(H2,24,25)(H,28,29). The number of nitrogens with zero attached hydrogens (tertiary/aromatic N) is 3. The zero-order chi connectivity index (χ0) is 21.8. The van der Waals surface area contributed by atoms with Crippen molar-refractivity contribution in [2.75, 3.05) is 12.3 Å². The number of carboxylic acids is 1. The second-order valence-corrected chi connectivity index (χ2v) is 8.87. The van der Waals surface area contributed by atoms with Gasteiger partial charge in [0, 0.05) is 24.9 Å². The van der Waals surface area contributed by atoms with Crippen LogP contribution in [0.4, 0.5) is 5.82 Å². The lowest BCUT2D eigenvalue weighted by molar-refractivity contribution is -0.163. The van der Waals surface area contributed by atoms with Gasteiger partial charge in [0.05, 0.1) is 18.6 Å². The van der Waals surface area contributed by atoms with Gasteiger partial charge in [-0.1, -0.05) is 31.7 Å². The SMILES string of the molecule is Nc1ccc(CC(C(=O)O)(C(=O)OCC2CCCC2)c2cn(C3CCCC3)cn2)cn1. The first kappa shape index (κ1) is 21.3. The first-order valence-electron chi connectivity index (χ1n) is 11.1. The second kappa shape index (κ2) is 9.08. The van der Waals surface area contributed by atoms with Crippen molar-refractivity contribution in [1.82, 2.24) is 14.5 Å². The van der Waals surface area contributed by atoms with Crippen LogP contribution in [0.15, 0.2) is 30.9 Å². The number of rotatable bonds is 8. The van der Waals surface area contributed by atoms with Crippen LogP contribution < -0.4 is 5.73 Å². The molecule has 2 heterocycles. The number of aromatic nitrogens is 3. The lowest BCUT2D eigenvalue weighted by Crippen LogP contribution is -2.47. The fourth-order valence-corrected chi connectivity index (χ4v) is 4.84. The third kappa shape index (κ3) is 4.43. The van der Waals surface area contributed by atoms with Gasteiger partial charge in [-0.05, 0) is 43.2 Å². The van der Waals surface area contributed by atoms with Gasteiger partial charge in [-0.3, -0.25) is 9.59 Å². The Labute approximate surface area is 181 Å². The largest absolute Gasteiger partial charge is 0.480 e. The molecule has 2 aromatic heterocycles. The highest BCUT2D eigenvalue weighted by Crippen LogP contribution is 2.34. The molecule has 31 heavy (non-hydrogen) atoms.